The molecule has 8 heteroatoms. The van der Waals surface area contributed by atoms with Crippen LogP contribution >= 0.6 is 24.8 Å². The lowest BCUT2D eigenvalue weighted by Gasteiger charge is -2.27. The van der Waals surface area contributed by atoms with Gasteiger partial charge in [-0.25, -0.2) is 0 Å². The van der Waals surface area contributed by atoms with Crippen molar-refractivity contribution < 1.29 is 14.3 Å². The maximum absolute atomic E-state index is 12.6. The summed E-state index contributed by atoms with van der Waals surface area (Å²) in [4.78, 5) is 16.6. The number of hydrogen-bond donors (Lipinski definition) is 2. The van der Waals surface area contributed by atoms with Crippen LogP contribution in [0.25, 0.3) is 0 Å². The number of pyridine rings is 1. The standard InChI is InChI=1S/C22H29N3O3.2ClH/c1-15(25-22(26)18-4-3-5-19(23)12-18)17-6-7-20(21(13-17)27-2)28-14-16-8-10-24-11-9-16;;/h6-11,13,15,18-19H,3-5,12,14,23H2,1-2H3,(H,25,26);2*1H. The molecule has 0 saturated heterocycles. The molecule has 1 fully saturated rings. The number of nitrogens with zero attached hydrogens (tertiary/aromatic N) is 1. The molecule has 1 aromatic heterocycles. The number of hydrogen-bond acceptors (Lipinski definition) is 5. The van der Waals surface area contributed by atoms with Gasteiger partial charge in [0.1, 0.15) is 6.61 Å². The number of rotatable bonds is 7. The lowest BCUT2D eigenvalue weighted by molar-refractivity contribution is -0.126. The molecule has 0 spiro atoms. The second kappa shape index (κ2) is 12.6. The molecule has 3 unspecified atom stereocenters. The summed E-state index contributed by atoms with van der Waals surface area (Å²) in [5.74, 6) is 1.41. The normalized spacial score (nSPS) is 18.9. The minimum atomic E-state index is -0.117. The molecule has 0 bridgehead atoms. The van der Waals surface area contributed by atoms with Gasteiger partial charge in [0.15, 0.2) is 11.5 Å². The third-order valence-corrected chi connectivity index (χ3v) is 5.28. The van der Waals surface area contributed by atoms with Crippen molar-refractivity contribution >= 4 is 30.7 Å². The Labute approximate surface area is 190 Å². The second-order valence-electron chi connectivity index (χ2n) is 7.41. The number of carbonyl (C=O) groups is 1. The number of amides is 1. The Bertz CT molecular complexity index is 792. The van der Waals surface area contributed by atoms with E-state index >= 15 is 0 Å². The Morgan fingerprint density at radius 3 is 2.60 bits per heavy atom. The predicted molar refractivity (Wildman–Crippen MR) is 123 cm³/mol. The fourth-order valence-electron chi connectivity index (χ4n) is 3.59. The molecule has 3 N–H and O–H groups in total. The van der Waals surface area contributed by atoms with E-state index in [0.717, 1.165) is 36.8 Å². The van der Waals surface area contributed by atoms with Crippen molar-refractivity contribution in [2.45, 2.75) is 51.3 Å². The van der Waals surface area contributed by atoms with Crippen molar-refractivity contribution in [3.05, 3.63) is 53.9 Å². The molecule has 3 rings (SSSR count). The summed E-state index contributed by atoms with van der Waals surface area (Å²) in [6.07, 6.45) is 7.19. The lowest BCUT2D eigenvalue weighted by atomic mass is 9.85. The highest BCUT2D eigenvalue weighted by Gasteiger charge is 2.26. The van der Waals surface area contributed by atoms with E-state index in [0.29, 0.717) is 18.1 Å². The van der Waals surface area contributed by atoms with Crippen LogP contribution in [0.2, 0.25) is 0 Å². The van der Waals surface area contributed by atoms with Gasteiger partial charge in [-0.15, -0.1) is 24.8 Å². The van der Waals surface area contributed by atoms with E-state index in [2.05, 4.69) is 10.3 Å². The van der Waals surface area contributed by atoms with Gasteiger partial charge < -0.3 is 20.5 Å². The first-order chi connectivity index (χ1) is 13.6. The van der Waals surface area contributed by atoms with Gasteiger partial charge in [0.25, 0.3) is 0 Å². The van der Waals surface area contributed by atoms with Crippen LogP contribution in [-0.4, -0.2) is 24.0 Å². The minimum Gasteiger partial charge on any atom is -0.493 e. The number of benzene rings is 1. The highest BCUT2D eigenvalue weighted by molar-refractivity contribution is 5.85. The first kappa shape index (κ1) is 26.0. The maximum atomic E-state index is 12.6. The Morgan fingerprint density at radius 2 is 1.93 bits per heavy atom. The molecular weight excluding hydrogens is 425 g/mol. The fraction of sp³-hybridized carbons (Fsp3) is 0.455. The first-order valence-corrected chi connectivity index (χ1v) is 9.82. The van der Waals surface area contributed by atoms with Crippen LogP contribution in [-0.2, 0) is 11.4 Å². The van der Waals surface area contributed by atoms with Gasteiger partial charge in [-0.2, -0.15) is 0 Å². The molecule has 1 aromatic carbocycles. The summed E-state index contributed by atoms with van der Waals surface area (Å²) in [5.41, 5.74) is 8.02. The summed E-state index contributed by atoms with van der Waals surface area (Å²) in [5, 5.41) is 3.12. The van der Waals surface area contributed by atoms with Crippen LogP contribution in [0.15, 0.2) is 42.7 Å². The molecule has 1 heterocycles. The number of methoxy groups -OCH3 is 1. The van der Waals surface area contributed by atoms with Crippen molar-refractivity contribution in [3.63, 3.8) is 0 Å². The molecule has 3 atom stereocenters. The molecule has 6 nitrogen and oxygen atoms in total. The van der Waals surface area contributed by atoms with Gasteiger partial charge in [-0.3, -0.25) is 9.78 Å². The summed E-state index contributed by atoms with van der Waals surface area (Å²) in [6, 6.07) is 9.60. The van der Waals surface area contributed by atoms with E-state index in [1.165, 1.54) is 0 Å². The van der Waals surface area contributed by atoms with Crippen molar-refractivity contribution in [1.29, 1.82) is 0 Å². The second-order valence-corrected chi connectivity index (χ2v) is 7.41. The third-order valence-electron chi connectivity index (χ3n) is 5.28. The van der Waals surface area contributed by atoms with Gasteiger partial charge in [0, 0.05) is 24.4 Å². The topological polar surface area (TPSA) is 86.5 Å². The highest BCUT2D eigenvalue weighted by atomic mass is 35.5. The van der Waals surface area contributed by atoms with Gasteiger partial charge >= 0.3 is 0 Å². The average molecular weight is 456 g/mol. The Kier molecular flexibility index (Phi) is 10.9. The zero-order valence-electron chi connectivity index (χ0n) is 17.4. The number of halogens is 2. The maximum Gasteiger partial charge on any atom is 0.223 e. The molecule has 2 aromatic rings. The summed E-state index contributed by atoms with van der Waals surface area (Å²) in [6.45, 7) is 2.42. The van der Waals surface area contributed by atoms with E-state index in [4.69, 9.17) is 15.2 Å². The van der Waals surface area contributed by atoms with Crippen molar-refractivity contribution in [2.75, 3.05) is 7.11 Å². The number of aromatic nitrogens is 1. The van der Waals surface area contributed by atoms with Crippen LogP contribution in [0.4, 0.5) is 0 Å². The molecular formula is C22H31Cl2N3O3. The summed E-state index contributed by atoms with van der Waals surface area (Å²) < 4.78 is 11.4. The number of carbonyl (C=O) groups excluding carboxylic acids is 1. The van der Waals surface area contributed by atoms with E-state index in [-0.39, 0.29) is 48.7 Å². The van der Waals surface area contributed by atoms with Gasteiger partial charge in [0.05, 0.1) is 13.2 Å². The monoisotopic (exact) mass is 455 g/mol. The summed E-state index contributed by atoms with van der Waals surface area (Å²) in [7, 11) is 1.62. The van der Waals surface area contributed by atoms with Crippen LogP contribution in [0, 0.1) is 5.92 Å². The Hall–Kier alpha value is -2.02. The molecule has 1 aliphatic rings. The Balaban J connectivity index is 0.00000225. The Morgan fingerprint density at radius 1 is 1.20 bits per heavy atom. The van der Waals surface area contributed by atoms with E-state index in [9.17, 15) is 4.79 Å². The van der Waals surface area contributed by atoms with E-state index in [1.54, 1.807) is 19.5 Å². The van der Waals surface area contributed by atoms with Crippen LogP contribution in [0.3, 0.4) is 0 Å². The minimum absolute atomic E-state index is 0. The largest absolute Gasteiger partial charge is 0.493 e. The SMILES string of the molecule is COc1cc(C(C)NC(=O)C2CCCC(N)C2)ccc1OCc1ccncc1.Cl.Cl. The number of ether oxygens (including phenoxy) is 2. The molecule has 0 aliphatic heterocycles. The first-order valence-electron chi connectivity index (χ1n) is 9.82. The quantitative estimate of drug-likeness (QED) is 0.652. The summed E-state index contributed by atoms with van der Waals surface area (Å²) >= 11 is 0. The predicted octanol–water partition coefficient (Wildman–Crippen LogP) is 4.21. The molecule has 1 aliphatic carbocycles. The number of nitrogens with one attached hydrogen (secondary N) is 1. The fourth-order valence-corrected chi connectivity index (χ4v) is 3.59. The van der Waals surface area contributed by atoms with Gasteiger partial charge in [-0.05, 0) is 61.6 Å². The van der Waals surface area contributed by atoms with Crippen molar-refractivity contribution in [1.82, 2.24) is 10.3 Å². The van der Waals surface area contributed by atoms with Crippen LogP contribution in [0.1, 0.15) is 49.8 Å². The molecule has 30 heavy (non-hydrogen) atoms. The van der Waals surface area contributed by atoms with Crippen LogP contribution in [0.5, 0.6) is 11.5 Å². The zero-order valence-corrected chi connectivity index (χ0v) is 19.0. The number of nitrogens with two attached hydrogens (primary N) is 1. The molecule has 166 valence electrons. The third kappa shape index (κ3) is 7.04. The molecule has 1 saturated carbocycles. The van der Waals surface area contributed by atoms with Gasteiger partial charge in [0.2, 0.25) is 5.91 Å². The van der Waals surface area contributed by atoms with Crippen molar-refractivity contribution in [3.8, 4) is 11.5 Å². The molecule has 0 radical (unpaired) electrons. The van der Waals surface area contributed by atoms with Gasteiger partial charge in [-0.1, -0.05) is 12.5 Å². The van der Waals surface area contributed by atoms with E-state index in [1.807, 2.05) is 37.3 Å². The van der Waals surface area contributed by atoms with Crippen LogP contribution < -0.4 is 20.5 Å². The zero-order chi connectivity index (χ0) is 19.9. The smallest absolute Gasteiger partial charge is 0.223 e. The van der Waals surface area contributed by atoms with Crippen molar-refractivity contribution in [2.24, 2.45) is 11.7 Å². The average Bonchev–Trinajstić information content (AvgIpc) is 2.72. The highest BCUT2D eigenvalue weighted by Crippen LogP contribution is 2.31. The van der Waals surface area contributed by atoms with E-state index < -0.39 is 0 Å². The molecule has 1 amide bonds. The lowest BCUT2D eigenvalue weighted by Crippen LogP contribution is -2.38.